The Hall–Kier alpha value is -3.62. The van der Waals surface area contributed by atoms with E-state index in [-0.39, 0.29) is 19.1 Å². The molecule has 0 saturated heterocycles. The molecule has 9 heteroatoms. The third kappa shape index (κ3) is 48.3. The molecule has 372 valence electrons. The number of nitrogens with zero attached hydrogens (tertiary/aromatic N) is 1. The quantitative estimate of drug-likeness (QED) is 0.0243. The van der Waals surface area contributed by atoms with Crippen LogP contribution in [0.15, 0.2) is 146 Å². The largest absolute Gasteiger partial charge is 0.472 e. The van der Waals surface area contributed by atoms with Crippen LogP contribution < -0.4 is 5.32 Å². The Morgan fingerprint density at radius 2 is 0.909 bits per heavy atom. The lowest BCUT2D eigenvalue weighted by atomic mass is 10.1. The molecule has 0 aromatic carbocycles. The van der Waals surface area contributed by atoms with E-state index in [1.165, 1.54) is 0 Å². The molecule has 0 aliphatic carbocycles. The van der Waals surface area contributed by atoms with Crippen molar-refractivity contribution in [3.63, 3.8) is 0 Å². The Labute approximate surface area is 404 Å². The number of quaternary nitrogens is 1. The molecule has 8 nitrogen and oxygen atoms in total. The van der Waals surface area contributed by atoms with Crippen molar-refractivity contribution in [2.24, 2.45) is 0 Å². The summed E-state index contributed by atoms with van der Waals surface area (Å²) in [6, 6.07) is -0.863. The first kappa shape index (κ1) is 62.4. The monoisotopic (exact) mass is 934 g/mol. The van der Waals surface area contributed by atoms with Crippen molar-refractivity contribution in [2.45, 2.75) is 167 Å². The summed E-state index contributed by atoms with van der Waals surface area (Å²) in [5.41, 5.74) is 0. The van der Waals surface area contributed by atoms with Crippen molar-refractivity contribution in [1.29, 1.82) is 0 Å². The van der Waals surface area contributed by atoms with E-state index in [2.05, 4.69) is 153 Å². The first-order chi connectivity index (χ1) is 32.0. The molecule has 3 unspecified atom stereocenters. The van der Waals surface area contributed by atoms with Crippen LogP contribution in [0, 0.1) is 0 Å². The minimum Gasteiger partial charge on any atom is -0.387 e. The predicted octanol–water partition coefficient (Wildman–Crippen LogP) is 15.0. The van der Waals surface area contributed by atoms with Gasteiger partial charge >= 0.3 is 7.82 Å². The van der Waals surface area contributed by atoms with Crippen LogP contribution in [0.25, 0.3) is 0 Å². The maximum atomic E-state index is 12.8. The van der Waals surface area contributed by atoms with Gasteiger partial charge in [0.2, 0.25) is 5.91 Å². The lowest BCUT2D eigenvalue weighted by Gasteiger charge is -2.25. The maximum absolute atomic E-state index is 12.8. The Morgan fingerprint density at radius 3 is 1.33 bits per heavy atom. The number of unbranched alkanes of at least 4 members (excludes halogenated alkanes) is 8. The smallest absolute Gasteiger partial charge is 0.387 e. The highest BCUT2D eigenvalue weighted by atomic mass is 31.2. The van der Waals surface area contributed by atoms with Crippen molar-refractivity contribution in [3.05, 3.63) is 146 Å². The number of phosphoric acid groups is 1. The van der Waals surface area contributed by atoms with Crippen molar-refractivity contribution >= 4 is 13.7 Å². The van der Waals surface area contributed by atoms with Gasteiger partial charge in [-0.1, -0.05) is 192 Å². The van der Waals surface area contributed by atoms with Gasteiger partial charge in [-0.05, 0) is 103 Å². The number of aliphatic hydroxyl groups excluding tert-OH is 1. The topological polar surface area (TPSA) is 105 Å². The summed E-state index contributed by atoms with van der Waals surface area (Å²) in [6.45, 7) is 4.53. The van der Waals surface area contributed by atoms with E-state index in [1.807, 2.05) is 27.2 Å². The van der Waals surface area contributed by atoms with Gasteiger partial charge in [-0.3, -0.25) is 13.8 Å². The summed E-state index contributed by atoms with van der Waals surface area (Å²) in [6.07, 6.45) is 72.8. The Balaban J connectivity index is 4.04. The molecule has 0 fully saturated rings. The van der Waals surface area contributed by atoms with Gasteiger partial charge < -0.3 is 19.8 Å². The lowest BCUT2D eigenvalue weighted by molar-refractivity contribution is -0.870. The highest BCUT2D eigenvalue weighted by molar-refractivity contribution is 7.47. The number of phosphoric ester groups is 1. The molecule has 0 saturated carbocycles. The van der Waals surface area contributed by atoms with Gasteiger partial charge in [0.05, 0.1) is 39.9 Å². The number of hydrogen-bond acceptors (Lipinski definition) is 5. The second-order valence-electron chi connectivity index (χ2n) is 17.5. The van der Waals surface area contributed by atoms with Crippen LogP contribution in [-0.4, -0.2) is 73.4 Å². The van der Waals surface area contributed by atoms with Crippen LogP contribution in [0.2, 0.25) is 0 Å². The van der Waals surface area contributed by atoms with Gasteiger partial charge in [-0.15, -0.1) is 0 Å². The normalized spacial score (nSPS) is 15.3. The molecule has 3 N–H and O–H groups in total. The molecule has 0 aromatic rings. The molecule has 0 spiro atoms. The van der Waals surface area contributed by atoms with E-state index in [1.54, 1.807) is 6.08 Å². The SMILES string of the molecule is CC/C=C\C/C=C\C/C=C\C/C=C\C/C=C\C/C=C\C/C=C\C/C=C\C/C=C\C/C=C\C/C=C\CCCCCCCC(=O)NC(COP(=O)(O)OCC[N+](C)(C)C)C(O)/C=C/CCCCC. The molecule has 1 amide bonds. The van der Waals surface area contributed by atoms with Gasteiger partial charge in [0, 0.05) is 6.42 Å². The van der Waals surface area contributed by atoms with E-state index in [9.17, 15) is 19.4 Å². The number of amides is 1. The zero-order chi connectivity index (χ0) is 48.5. The Kier molecular flexibility index (Phi) is 43.9. The number of aliphatic hydroxyl groups is 1. The van der Waals surface area contributed by atoms with Crippen molar-refractivity contribution in [3.8, 4) is 0 Å². The van der Waals surface area contributed by atoms with Gasteiger partial charge in [0.1, 0.15) is 13.2 Å². The van der Waals surface area contributed by atoms with E-state index < -0.39 is 20.0 Å². The van der Waals surface area contributed by atoms with Crippen molar-refractivity contribution in [1.82, 2.24) is 5.32 Å². The van der Waals surface area contributed by atoms with E-state index >= 15 is 0 Å². The number of hydrogen-bond donors (Lipinski definition) is 3. The number of carbonyl (C=O) groups is 1. The van der Waals surface area contributed by atoms with Gasteiger partial charge in [-0.2, -0.15) is 0 Å². The summed E-state index contributed by atoms with van der Waals surface area (Å²) in [5.74, 6) is -0.212. The third-order valence-corrected chi connectivity index (χ3v) is 11.0. The van der Waals surface area contributed by atoms with E-state index in [4.69, 9.17) is 9.05 Å². The zero-order valence-corrected chi connectivity index (χ0v) is 43.0. The number of nitrogens with one attached hydrogen (secondary N) is 1. The Bertz CT molecular complexity index is 1570. The summed E-state index contributed by atoms with van der Waals surface area (Å²) in [7, 11) is 1.53. The summed E-state index contributed by atoms with van der Waals surface area (Å²) < 4.78 is 23.3. The Morgan fingerprint density at radius 1 is 0.530 bits per heavy atom. The first-order valence-electron chi connectivity index (χ1n) is 25.2. The number of rotatable bonds is 43. The molecule has 0 aliphatic heterocycles. The second-order valence-corrected chi connectivity index (χ2v) is 18.9. The zero-order valence-electron chi connectivity index (χ0n) is 42.1. The molecule has 0 aromatic heterocycles. The van der Waals surface area contributed by atoms with Crippen LogP contribution in [-0.2, 0) is 18.4 Å². The first-order valence-corrected chi connectivity index (χ1v) is 26.7. The fourth-order valence-corrected chi connectivity index (χ4v) is 6.84. The molecule has 0 heterocycles. The number of allylic oxidation sites excluding steroid dienone is 23. The predicted molar refractivity (Wildman–Crippen MR) is 285 cm³/mol. The van der Waals surface area contributed by atoms with Crippen molar-refractivity contribution < 1.29 is 32.9 Å². The molecule has 66 heavy (non-hydrogen) atoms. The molecule has 3 atom stereocenters. The molecule has 0 bridgehead atoms. The fraction of sp³-hybridized carbons (Fsp3) is 0.561. The standard InChI is InChI=1S/C57H93N2O6P/c1-6-8-10-12-13-14-15-16-17-18-19-20-21-22-23-24-25-26-27-28-29-30-31-32-33-34-35-36-37-38-39-40-41-42-43-44-45-47-49-51-57(61)58-55(56(60)50-48-46-11-9-7-2)54-65-66(62,63)64-53-52-59(3,4)5/h8,10,13-14,16-17,19-20,22-23,25-26,28-29,31-32,34-35,37-38,40-41,48,50,55-56,60H,6-7,9,11-12,15,18,21,24,27,30,33,36,39,42-47,49,51-54H2,1-5H3,(H-,58,61,62,63)/p+1/b10-8-,14-13-,17-16-,20-19-,23-22-,26-25-,29-28-,32-31-,35-34-,38-37-,41-40-,50-48+. The molecular formula is C57H94N2O6P+. The summed E-state index contributed by atoms with van der Waals surface area (Å²) >= 11 is 0. The highest BCUT2D eigenvalue weighted by Crippen LogP contribution is 2.43. The average Bonchev–Trinajstić information content (AvgIpc) is 3.27. The molecular weight excluding hydrogens is 840 g/mol. The van der Waals surface area contributed by atoms with Gasteiger partial charge in [-0.25, -0.2) is 4.57 Å². The number of likely N-dealkylation sites (N-methyl/N-ethyl adjacent to an activating group) is 1. The van der Waals surface area contributed by atoms with Crippen LogP contribution in [0.1, 0.15) is 155 Å². The minimum atomic E-state index is -4.34. The molecule has 0 rings (SSSR count). The van der Waals surface area contributed by atoms with Crippen LogP contribution in [0.4, 0.5) is 0 Å². The lowest BCUT2D eigenvalue weighted by Crippen LogP contribution is -2.45. The average molecular weight is 934 g/mol. The fourth-order valence-electron chi connectivity index (χ4n) is 6.10. The maximum Gasteiger partial charge on any atom is 0.472 e. The molecule has 0 radical (unpaired) electrons. The van der Waals surface area contributed by atoms with E-state index in [0.717, 1.165) is 135 Å². The summed E-state index contributed by atoms with van der Waals surface area (Å²) in [5, 5.41) is 13.6. The van der Waals surface area contributed by atoms with Gasteiger partial charge in [0.25, 0.3) is 0 Å². The second kappa shape index (κ2) is 46.5. The minimum absolute atomic E-state index is 0.0482. The summed E-state index contributed by atoms with van der Waals surface area (Å²) in [4.78, 5) is 22.9. The van der Waals surface area contributed by atoms with Crippen LogP contribution in [0.5, 0.6) is 0 Å². The van der Waals surface area contributed by atoms with E-state index in [0.29, 0.717) is 17.4 Å². The van der Waals surface area contributed by atoms with Crippen LogP contribution >= 0.6 is 7.82 Å². The molecule has 0 aliphatic rings. The number of carbonyl (C=O) groups excluding carboxylic acids is 1. The highest BCUT2D eigenvalue weighted by Gasteiger charge is 2.27. The third-order valence-electron chi connectivity index (χ3n) is 10.1. The van der Waals surface area contributed by atoms with Crippen molar-refractivity contribution in [2.75, 3.05) is 40.9 Å². The van der Waals surface area contributed by atoms with Gasteiger partial charge in [0.15, 0.2) is 0 Å². The van der Waals surface area contributed by atoms with Crippen LogP contribution in [0.3, 0.4) is 0 Å².